The van der Waals surface area contributed by atoms with E-state index in [4.69, 9.17) is 9.47 Å². The molecule has 0 aliphatic heterocycles. The second-order valence-corrected chi connectivity index (χ2v) is 6.98. The maximum Gasteiger partial charge on any atom is 0.336 e. The molecule has 3 rings (SSSR count). The summed E-state index contributed by atoms with van der Waals surface area (Å²) in [6.45, 7) is 0. The molecular formula is C24H18N4O8. The average Bonchev–Trinajstić information content (AvgIpc) is 2.88. The Labute approximate surface area is 203 Å². The Kier molecular flexibility index (Phi) is 8.17. The highest BCUT2D eigenvalue weighted by Crippen LogP contribution is 2.30. The quantitative estimate of drug-likeness (QED) is 0.118. The number of carbonyl (C=O) groups excluding carboxylic acids is 2. The first-order valence-corrected chi connectivity index (χ1v) is 10.2. The molecular weight excluding hydrogens is 472 g/mol. The van der Waals surface area contributed by atoms with Crippen LogP contribution in [0.4, 0.5) is 11.4 Å². The third kappa shape index (κ3) is 6.57. The van der Waals surface area contributed by atoms with Gasteiger partial charge in [0, 0.05) is 35.4 Å². The second kappa shape index (κ2) is 11.7. The Morgan fingerprint density at radius 3 is 2.25 bits per heavy atom. The van der Waals surface area contributed by atoms with Crippen LogP contribution in [0.2, 0.25) is 0 Å². The number of carbonyl (C=O) groups is 2. The minimum Gasteiger partial charge on any atom is -0.497 e. The third-order valence-electron chi connectivity index (χ3n) is 4.66. The van der Waals surface area contributed by atoms with Gasteiger partial charge in [-0.25, -0.2) is 10.2 Å². The number of hydrogen-bond donors (Lipinski definition) is 1. The van der Waals surface area contributed by atoms with E-state index >= 15 is 0 Å². The molecule has 1 amide bonds. The largest absolute Gasteiger partial charge is 0.497 e. The van der Waals surface area contributed by atoms with Crippen LogP contribution in [0.3, 0.4) is 0 Å². The van der Waals surface area contributed by atoms with Gasteiger partial charge in [0.1, 0.15) is 5.75 Å². The van der Waals surface area contributed by atoms with Crippen LogP contribution in [0.5, 0.6) is 11.5 Å². The fourth-order valence-electron chi connectivity index (χ4n) is 2.87. The van der Waals surface area contributed by atoms with Gasteiger partial charge in [0.05, 0.1) is 23.2 Å². The van der Waals surface area contributed by atoms with E-state index in [2.05, 4.69) is 10.5 Å². The van der Waals surface area contributed by atoms with Gasteiger partial charge in [-0.3, -0.25) is 25.0 Å². The summed E-state index contributed by atoms with van der Waals surface area (Å²) >= 11 is 0. The van der Waals surface area contributed by atoms with Crippen LogP contribution in [0, 0.1) is 20.2 Å². The summed E-state index contributed by atoms with van der Waals surface area (Å²) in [5.41, 5.74) is 2.53. The van der Waals surface area contributed by atoms with Crippen molar-refractivity contribution >= 4 is 35.5 Å². The van der Waals surface area contributed by atoms with Gasteiger partial charge in [-0.05, 0) is 54.1 Å². The number of methoxy groups -OCH3 is 1. The summed E-state index contributed by atoms with van der Waals surface area (Å²) in [6, 6.07) is 15.6. The molecule has 0 aliphatic rings. The molecule has 1 N–H and O–H groups in total. The van der Waals surface area contributed by atoms with Crippen molar-refractivity contribution < 1.29 is 28.9 Å². The van der Waals surface area contributed by atoms with Crippen molar-refractivity contribution in [2.45, 2.75) is 0 Å². The van der Waals surface area contributed by atoms with Gasteiger partial charge in [-0.15, -0.1) is 0 Å². The predicted molar refractivity (Wildman–Crippen MR) is 129 cm³/mol. The topological polar surface area (TPSA) is 163 Å². The lowest BCUT2D eigenvalue weighted by Crippen LogP contribution is -2.17. The molecule has 0 bridgehead atoms. The fourth-order valence-corrected chi connectivity index (χ4v) is 2.87. The Hall–Kier alpha value is -5.39. The van der Waals surface area contributed by atoms with Gasteiger partial charge in [0.25, 0.3) is 11.6 Å². The number of para-hydroxylation sites is 1. The predicted octanol–water partition coefficient (Wildman–Crippen LogP) is 3.89. The summed E-state index contributed by atoms with van der Waals surface area (Å²) in [5, 5.41) is 26.0. The molecule has 3 aromatic carbocycles. The maximum atomic E-state index is 12.3. The number of benzene rings is 3. The molecule has 0 aliphatic carbocycles. The fraction of sp³-hybridized carbons (Fsp3) is 0.0417. The minimum atomic E-state index is -0.931. The smallest absolute Gasteiger partial charge is 0.336 e. The molecule has 0 aromatic heterocycles. The van der Waals surface area contributed by atoms with Crippen molar-refractivity contribution in [3.63, 3.8) is 0 Å². The van der Waals surface area contributed by atoms with Crippen LogP contribution in [-0.2, 0) is 4.79 Å². The molecule has 3 aromatic rings. The van der Waals surface area contributed by atoms with Gasteiger partial charge >= 0.3 is 11.7 Å². The number of rotatable bonds is 9. The zero-order valence-corrected chi connectivity index (χ0v) is 18.7. The van der Waals surface area contributed by atoms with Crippen molar-refractivity contribution in [1.29, 1.82) is 0 Å². The number of hydrazone groups is 1. The van der Waals surface area contributed by atoms with Gasteiger partial charge < -0.3 is 9.47 Å². The molecule has 0 unspecified atom stereocenters. The molecule has 0 heterocycles. The highest BCUT2D eigenvalue weighted by Gasteiger charge is 2.20. The molecule has 182 valence electrons. The SMILES string of the molecule is COc1ccc(C(=O)N/N=C/c2cccc([N+](=O)[O-])c2OC(=O)/C=C/c2ccc([N+](=O)[O-])cc2)cc1. The van der Waals surface area contributed by atoms with E-state index in [0.717, 1.165) is 18.4 Å². The molecule has 36 heavy (non-hydrogen) atoms. The van der Waals surface area contributed by atoms with Crippen LogP contribution in [-0.4, -0.2) is 35.0 Å². The number of non-ortho nitro benzene ring substituents is 1. The van der Waals surface area contributed by atoms with Crippen LogP contribution < -0.4 is 14.9 Å². The lowest BCUT2D eigenvalue weighted by molar-refractivity contribution is -0.385. The van der Waals surface area contributed by atoms with E-state index < -0.39 is 27.4 Å². The summed E-state index contributed by atoms with van der Waals surface area (Å²) < 4.78 is 10.2. The monoisotopic (exact) mass is 490 g/mol. The minimum absolute atomic E-state index is 0.0660. The Balaban J connectivity index is 1.75. The summed E-state index contributed by atoms with van der Waals surface area (Å²) in [5.74, 6) is -1.27. The molecule has 12 nitrogen and oxygen atoms in total. The average molecular weight is 490 g/mol. The lowest BCUT2D eigenvalue weighted by Gasteiger charge is -2.06. The van der Waals surface area contributed by atoms with Gasteiger partial charge in [-0.1, -0.05) is 6.07 Å². The zero-order valence-electron chi connectivity index (χ0n) is 18.7. The number of nitro groups is 2. The lowest BCUT2D eigenvalue weighted by atomic mass is 10.2. The Morgan fingerprint density at radius 2 is 1.64 bits per heavy atom. The number of esters is 1. The van der Waals surface area contributed by atoms with E-state index in [1.165, 1.54) is 61.7 Å². The van der Waals surface area contributed by atoms with E-state index in [1.807, 2.05) is 0 Å². The zero-order chi connectivity index (χ0) is 26.1. The second-order valence-electron chi connectivity index (χ2n) is 6.98. The molecule has 0 radical (unpaired) electrons. The number of amides is 1. The first-order chi connectivity index (χ1) is 17.3. The van der Waals surface area contributed by atoms with Crippen LogP contribution >= 0.6 is 0 Å². The Morgan fingerprint density at radius 1 is 0.944 bits per heavy atom. The summed E-state index contributed by atoms with van der Waals surface area (Å²) in [6.07, 6.45) is 3.46. The highest BCUT2D eigenvalue weighted by molar-refractivity contribution is 5.96. The van der Waals surface area contributed by atoms with Gasteiger partial charge in [0.15, 0.2) is 0 Å². The van der Waals surface area contributed by atoms with E-state index in [1.54, 1.807) is 12.1 Å². The van der Waals surface area contributed by atoms with Crippen molar-refractivity contribution in [3.05, 3.63) is 110 Å². The molecule has 0 spiro atoms. The van der Waals surface area contributed by atoms with Gasteiger partial charge in [0.2, 0.25) is 5.75 Å². The van der Waals surface area contributed by atoms with Crippen LogP contribution in [0.25, 0.3) is 6.08 Å². The standard InChI is InChI=1S/C24H18N4O8/c1-35-20-12-8-17(9-13-20)24(30)26-25-15-18-3-2-4-21(28(33)34)23(18)36-22(29)14-7-16-5-10-19(11-6-16)27(31)32/h2-15H,1H3,(H,26,30)/b14-7+,25-15+. The van der Waals surface area contributed by atoms with Crippen LogP contribution in [0.1, 0.15) is 21.5 Å². The maximum absolute atomic E-state index is 12.3. The van der Waals surface area contributed by atoms with Crippen molar-refractivity contribution in [2.24, 2.45) is 5.10 Å². The number of ether oxygens (including phenoxy) is 2. The summed E-state index contributed by atoms with van der Waals surface area (Å²) in [7, 11) is 1.49. The van der Waals surface area contributed by atoms with E-state index in [-0.39, 0.29) is 17.0 Å². The highest BCUT2D eigenvalue weighted by atomic mass is 16.6. The molecule has 0 saturated heterocycles. The number of nitro benzene ring substituents is 2. The molecule has 0 fully saturated rings. The first kappa shape index (κ1) is 25.2. The first-order valence-electron chi connectivity index (χ1n) is 10.2. The van der Waals surface area contributed by atoms with E-state index in [9.17, 15) is 29.8 Å². The van der Waals surface area contributed by atoms with E-state index in [0.29, 0.717) is 16.9 Å². The third-order valence-corrected chi connectivity index (χ3v) is 4.66. The number of nitrogens with zero attached hydrogens (tertiary/aromatic N) is 3. The molecule has 0 atom stereocenters. The van der Waals surface area contributed by atoms with Crippen LogP contribution in [0.15, 0.2) is 77.9 Å². The van der Waals surface area contributed by atoms with Crippen molar-refractivity contribution in [1.82, 2.24) is 5.43 Å². The Bertz CT molecular complexity index is 1350. The summed E-state index contributed by atoms with van der Waals surface area (Å²) in [4.78, 5) is 45.5. The molecule has 0 saturated carbocycles. The van der Waals surface area contributed by atoms with Gasteiger partial charge in [-0.2, -0.15) is 5.10 Å². The number of hydrogen-bond acceptors (Lipinski definition) is 9. The normalized spacial score (nSPS) is 10.8. The number of nitrogens with one attached hydrogen (secondary N) is 1. The van der Waals surface area contributed by atoms with Crippen molar-refractivity contribution in [3.8, 4) is 11.5 Å². The van der Waals surface area contributed by atoms with Crippen molar-refractivity contribution in [2.75, 3.05) is 7.11 Å². The molecule has 12 heteroatoms.